The van der Waals surface area contributed by atoms with Crippen LogP contribution in [0.1, 0.15) is 5.56 Å². The lowest BCUT2D eigenvalue weighted by molar-refractivity contribution is 0.147. The SMILES string of the molecule is Cl.N#CC1(c2ccc(N3C[C@@H](CNc4ccon4)OC3=O)cc2)C2CNCC21. The monoisotopic (exact) mass is 401 g/mol. The molecule has 1 aromatic carbocycles. The van der Waals surface area contributed by atoms with Gasteiger partial charge in [0.1, 0.15) is 12.4 Å². The molecule has 146 valence electrons. The van der Waals surface area contributed by atoms with E-state index in [-0.39, 0.29) is 30.0 Å². The molecular formula is C19H20ClN5O3. The van der Waals surface area contributed by atoms with Crippen molar-refractivity contribution in [3.8, 4) is 6.07 Å². The number of ether oxygens (including phenoxy) is 1. The van der Waals surface area contributed by atoms with Crippen molar-refractivity contribution in [1.29, 1.82) is 5.26 Å². The lowest BCUT2D eigenvalue weighted by Gasteiger charge is -2.17. The van der Waals surface area contributed by atoms with Crippen LogP contribution in [0.15, 0.2) is 41.1 Å². The van der Waals surface area contributed by atoms with Crippen molar-refractivity contribution in [2.75, 3.05) is 36.4 Å². The number of nitriles is 1. The van der Waals surface area contributed by atoms with Gasteiger partial charge in [0.2, 0.25) is 0 Å². The van der Waals surface area contributed by atoms with Crippen LogP contribution in [0.25, 0.3) is 0 Å². The number of halogens is 1. The summed E-state index contributed by atoms with van der Waals surface area (Å²) in [6.07, 6.45) is 0.847. The first kappa shape index (κ1) is 18.6. The van der Waals surface area contributed by atoms with Gasteiger partial charge >= 0.3 is 6.09 Å². The van der Waals surface area contributed by atoms with E-state index in [1.54, 1.807) is 11.0 Å². The highest BCUT2D eigenvalue weighted by Gasteiger charge is 2.68. The summed E-state index contributed by atoms with van der Waals surface area (Å²) in [4.78, 5) is 13.9. The number of hydrogen-bond donors (Lipinski definition) is 2. The first-order valence-electron chi connectivity index (χ1n) is 9.07. The predicted molar refractivity (Wildman–Crippen MR) is 103 cm³/mol. The normalized spacial score (nSPS) is 30.2. The number of cyclic esters (lactones) is 1. The van der Waals surface area contributed by atoms with Crippen molar-refractivity contribution < 1.29 is 14.1 Å². The summed E-state index contributed by atoms with van der Waals surface area (Å²) in [6.45, 7) is 2.72. The van der Waals surface area contributed by atoms with Crippen LogP contribution in [0, 0.1) is 23.2 Å². The summed E-state index contributed by atoms with van der Waals surface area (Å²) in [7, 11) is 0. The predicted octanol–water partition coefficient (Wildman–Crippen LogP) is 2.14. The van der Waals surface area contributed by atoms with E-state index < -0.39 is 0 Å². The summed E-state index contributed by atoms with van der Waals surface area (Å²) in [5.41, 5.74) is 1.46. The first-order valence-corrected chi connectivity index (χ1v) is 9.07. The summed E-state index contributed by atoms with van der Waals surface area (Å²) < 4.78 is 10.2. The quantitative estimate of drug-likeness (QED) is 0.791. The Labute approximate surface area is 168 Å². The van der Waals surface area contributed by atoms with Gasteiger partial charge in [-0.3, -0.25) is 4.90 Å². The Morgan fingerprint density at radius 3 is 2.68 bits per heavy atom. The van der Waals surface area contributed by atoms with Crippen LogP contribution in [-0.4, -0.2) is 43.5 Å². The van der Waals surface area contributed by atoms with Crippen LogP contribution in [-0.2, 0) is 10.2 Å². The zero-order valence-corrected chi connectivity index (χ0v) is 15.8. The number of piperidine rings is 1. The molecule has 9 heteroatoms. The minimum atomic E-state index is -0.364. The molecule has 2 aromatic rings. The van der Waals surface area contributed by atoms with Gasteiger partial charge in [-0.1, -0.05) is 17.3 Å². The van der Waals surface area contributed by atoms with E-state index in [1.165, 1.54) is 6.26 Å². The van der Waals surface area contributed by atoms with Gasteiger partial charge in [-0.25, -0.2) is 4.79 Å². The van der Waals surface area contributed by atoms with Gasteiger partial charge in [0.05, 0.1) is 24.6 Å². The number of benzene rings is 1. The van der Waals surface area contributed by atoms with Crippen LogP contribution in [0.5, 0.6) is 0 Å². The largest absolute Gasteiger partial charge is 0.442 e. The molecule has 28 heavy (non-hydrogen) atoms. The van der Waals surface area contributed by atoms with Crippen molar-refractivity contribution >= 4 is 30.0 Å². The highest BCUT2D eigenvalue weighted by molar-refractivity contribution is 5.89. The maximum atomic E-state index is 12.2. The molecule has 0 radical (unpaired) electrons. The fraction of sp³-hybridized carbons (Fsp3) is 0.421. The fourth-order valence-electron chi connectivity index (χ4n) is 4.48. The van der Waals surface area contributed by atoms with E-state index in [4.69, 9.17) is 9.26 Å². The second kappa shape index (κ2) is 7.00. The molecule has 3 atom stereocenters. The summed E-state index contributed by atoms with van der Waals surface area (Å²) in [5, 5.41) is 19.9. The van der Waals surface area contributed by atoms with E-state index in [1.807, 2.05) is 24.3 Å². The topological polar surface area (TPSA) is 103 Å². The lowest BCUT2D eigenvalue weighted by atomic mass is 9.92. The van der Waals surface area contributed by atoms with E-state index in [2.05, 4.69) is 21.9 Å². The van der Waals surface area contributed by atoms with Crippen molar-refractivity contribution in [2.45, 2.75) is 11.5 Å². The number of nitrogens with zero attached hydrogens (tertiary/aromatic N) is 3. The number of rotatable bonds is 5. The molecule has 3 aliphatic rings. The standard InChI is InChI=1S/C19H19N5O3.ClH/c20-11-19(15-8-21-9-16(15)19)12-1-3-13(4-2-12)24-10-14(27-18(24)25)7-22-17-5-6-26-23-17;/h1-6,14-16,21H,7-10H2,(H,22,23);1H/t14-,15?,16?,19?;/m1./s1. The number of amides is 1. The molecule has 1 aliphatic carbocycles. The first-order chi connectivity index (χ1) is 13.2. The average Bonchev–Trinajstić information content (AvgIpc) is 3.23. The molecule has 0 bridgehead atoms. The molecule has 2 aliphatic heterocycles. The molecule has 5 rings (SSSR count). The van der Waals surface area contributed by atoms with Gasteiger partial charge < -0.3 is 19.9 Å². The Morgan fingerprint density at radius 1 is 1.29 bits per heavy atom. The molecule has 2 saturated heterocycles. The minimum absolute atomic E-state index is 0. The fourth-order valence-corrected chi connectivity index (χ4v) is 4.48. The zero-order valence-electron chi connectivity index (χ0n) is 15.0. The number of carbonyl (C=O) groups excluding carboxylic acids is 1. The molecular weight excluding hydrogens is 382 g/mol. The maximum Gasteiger partial charge on any atom is 0.414 e. The van der Waals surface area contributed by atoms with Crippen molar-refractivity contribution in [3.63, 3.8) is 0 Å². The Balaban J connectivity index is 0.00000192. The Kier molecular flexibility index (Phi) is 4.65. The van der Waals surface area contributed by atoms with E-state index in [0.29, 0.717) is 30.7 Å². The van der Waals surface area contributed by atoms with Crippen molar-refractivity contribution in [2.24, 2.45) is 11.8 Å². The summed E-state index contributed by atoms with van der Waals surface area (Å²) in [5.74, 6) is 1.41. The second-order valence-electron chi connectivity index (χ2n) is 7.28. The molecule has 0 spiro atoms. The molecule has 3 fully saturated rings. The highest BCUT2D eigenvalue weighted by atomic mass is 35.5. The minimum Gasteiger partial charge on any atom is -0.442 e. The van der Waals surface area contributed by atoms with Crippen LogP contribution >= 0.6 is 12.4 Å². The van der Waals surface area contributed by atoms with E-state index >= 15 is 0 Å². The van der Waals surface area contributed by atoms with Crippen LogP contribution in [0.4, 0.5) is 16.3 Å². The molecule has 8 nitrogen and oxygen atoms in total. The Hall–Kier alpha value is -2.76. The van der Waals surface area contributed by atoms with Crippen molar-refractivity contribution in [1.82, 2.24) is 10.5 Å². The molecule has 1 amide bonds. The van der Waals surface area contributed by atoms with Crippen LogP contribution < -0.4 is 15.5 Å². The maximum absolute atomic E-state index is 12.2. The third-order valence-electron chi connectivity index (χ3n) is 5.94. The lowest BCUT2D eigenvalue weighted by Crippen LogP contribution is -2.27. The smallest absolute Gasteiger partial charge is 0.414 e. The highest BCUT2D eigenvalue weighted by Crippen LogP contribution is 2.61. The number of nitrogens with one attached hydrogen (secondary N) is 2. The van der Waals surface area contributed by atoms with Gasteiger partial charge in [0.15, 0.2) is 5.82 Å². The molecule has 1 aromatic heterocycles. The van der Waals surface area contributed by atoms with Gasteiger partial charge in [-0.2, -0.15) is 5.26 Å². The average molecular weight is 402 g/mol. The summed E-state index contributed by atoms with van der Waals surface area (Å²) >= 11 is 0. The molecule has 2 N–H and O–H groups in total. The molecule has 3 heterocycles. The van der Waals surface area contributed by atoms with Gasteiger partial charge in [0, 0.05) is 36.7 Å². The Morgan fingerprint density at radius 2 is 2.04 bits per heavy atom. The van der Waals surface area contributed by atoms with E-state index in [9.17, 15) is 10.1 Å². The van der Waals surface area contributed by atoms with Gasteiger partial charge in [0.25, 0.3) is 0 Å². The second-order valence-corrected chi connectivity index (χ2v) is 7.28. The van der Waals surface area contributed by atoms with Crippen molar-refractivity contribution in [3.05, 3.63) is 42.2 Å². The number of hydrogen-bond acceptors (Lipinski definition) is 7. The van der Waals surface area contributed by atoms with Gasteiger partial charge in [-0.15, -0.1) is 12.4 Å². The molecule has 2 unspecified atom stereocenters. The third-order valence-corrected chi connectivity index (χ3v) is 5.94. The number of carbonyl (C=O) groups is 1. The number of anilines is 2. The van der Waals surface area contributed by atoms with Crippen LogP contribution in [0.3, 0.4) is 0 Å². The van der Waals surface area contributed by atoms with E-state index in [0.717, 1.165) is 24.3 Å². The number of aromatic nitrogens is 1. The zero-order chi connectivity index (χ0) is 18.4. The summed E-state index contributed by atoms with van der Waals surface area (Å²) in [6, 6.07) is 12.0. The molecule has 1 saturated carbocycles. The number of fused-ring (bicyclic) bond motifs is 1. The Bertz CT molecular complexity index is 885. The van der Waals surface area contributed by atoms with Gasteiger partial charge in [-0.05, 0) is 17.7 Å². The third kappa shape index (κ3) is 2.79. The van der Waals surface area contributed by atoms with Crippen LogP contribution in [0.2, 0.25) is 0 Å².